The molecule has 1 aromatic carbocycles. The van der Waals surface area contributed by atoms with Crippen LogP contribution in [0, 0.1) is 6.92 Å². The normalized spacial score (nSPS) is 11.6. The fourth-order valence-electron chi connectivity index (χ4n) is 2.24. The van der Waals surface area contributed by atoms with Crippen molar-refractivity contribution in [3.63, 3.8) is 0 Å². The molecular weight excluding hydrogens is 270 g/mol. The number of amides is 1. The Bertz CT molecular complexity index is 685. The van der Waals surface area contributed by atoms with E-state index in [9.17, 15) is 9.59 Å². The molecule has 5 nitrogen and oxygen atoms in total. The van der Waals surface area contributed by atoms with Gasteiger partial charge in [0.15, 0.2) is 5.76 Å². The zero-order chi connectivity index (χ0) is 15.6. The molecule has 112 valence electrons. The molecule has 21 heavy (non-hydrogen) atoms. The third-order valence-electron chi connectivity index (χ3n) is 3.47. The van der Waals surface area contributed by atoms with Crippen LogP contribution in [-0.4, -0.2) is 22.5 Å². The maximum absolute atomic E-state index is 12.3. The maximum atomic E-state index is 12.3. The number of aryl methyl sites for hydroxylation is 1. The van der Waals surface area contributed by atoms with Crippen molar-refractivity contribution in [2.75, 3.05) is 0 Å². The molecule has 5 heteroatoms. The van der Waals surface area contributed by atoms with Crippen LogP contribution in [0.3, 0.4) is 0 Å². The lowest BCUT2D eigenvalue weighted by Gasteiger charge is -2.25. The molecule has 0 unspecified atom stereocenters. The molecule has 0 aliphatic carbocycles. The molecular formula is C16H19NO4. The molecule has 2 N–H and O–H groups in total. The molecule has 0 saturated heterocycles. The van der Waals surface area contributed by atoms with E-state index >= 15 is 0 Å². The predicted molar refractivity (Wildman–Crippen MR) is 79.4 cm³/mol. The van der Waals surface area contributed by atoms with E-state index < -0.39 is 11.5 Å². The highest BCUT2D eigenvalue weighted by Crippen LogP contribution is 2.25. The highest BCUT2D eigenvalue weighted by Gasteiger charge is 2.25. The van der Waals surface area contributed by atoms with Crippen LogP contribution in [-0.2, 0) is 4.79 Å². The summed E-state index contributed by atoms with van der Waals surface area (Å²) >= 11 is 0. The first-order chi connectivity index (χ1) is 9.80. The number of nitrogens with one attached hydrogen (secondary N) is 1. The van der Waals surface area contributed by atoms with Gasteiger partial charge in [0.05, 0.1) is 0 Å². The topological polar surface area (TPSA) is 79.5 Å². The maximum Gasteiger partial charge on any atom is 0.303 e. The van der Waals surface area contributed by atoms with Crippen LogP contribution in [0.15, 0.2) is 28.7 Å². The number of fused-ring (bicyclic) bond motifs is 1. The van der Waals surface area contributed by atoms with Crippen molar-refractivity contribution in [3.8, 4) is 0 Å². The predicted octanol–water partition coefficient (Wildman–Crippen LogP) is 3.11. The van der Waals surface area contributed by atoms with E-state index in [1.54, 1.807) is 13.8 Å². The highest BCUT2D eigenvalue weighted by molar-refractivity contribution is 5.99. The van der Waals surface area contributed by atoms with Crippen molar-refractivity contribution in [2.24, 2.45) is 0 Å². The summed E-state index contributed by atoms with van der Waals surface area (Å²) in [5.74, 6) is -0.920. The van der Waals surface area contributed by atoms with Gasteiger partial charge in [-0.3, -0.25) is 9.59 Å². The molecule has 0 bridgehead atoms. The molecule has 0 atom stereocenters. The second-order valence-corrected chi connectivity index (χ2v) is 5.78. The van der Waals surface area contributed by atoms with Crippen LogP contribution in [0.2, 0.25) is 0 Å². The Labute approximate surface area is 122 Å². The number of hydrogen-bond donors (Lipinski definition) is 2. The van der Waals surface area contributed by atoms with Crippen LogP contribution in [0.25, 0.3) is 11.0 Å². The number of carbonyl (C=O) groups excluding carboxylic acids is 1. The third kappa shape index (κ3) is 3.42. The minimum absolute atomic E-state index is 0.00634. The lowest BCUT2D eigenvalue weighted by molar-refractivity contribution is -0.137. The molecule has 0 radical (unpaired) electrons. The van der Waals surface area contributed by atoms with Gasteiger partial charge in [0.25, 0.3) is 5.91 Å². The van der Waals surface area contributed by atoms with Crippen molar-refractivity contribution in [3.05, 3.63) is 35.6 Å². The summed E-state index contributed by atoms with van der Waals surface area (Å²) < 4.78 is 5.60. The van der Waals surface area contributed by atoms with Crippen LogP contribution in [0.1, 0.15) is 42.8 Å². The van der Waals surface area contributed by atoms with Gasteiger partial charge in [-0.05, 0) is 33.3 Å². The number of para-hydroxylation sites is 1. The summed E-state index contributed by atoms with van der Waals surface area (Å²) in [5, 5.41) is 12.5. The number of carboxylic acids is 1. The largest absolute Gasteiger partial charge is 0.481 e. The van der Waals surface area contributed by atoms with Crippen LogP contribution < -0.4 is 5.32 Å². The number of rotatable bonds is 5. The number of benzene rings is 1. The number of carboxylic acid groups (broad SMARTS) is 1. The van der Waals surface area contributed by atoms with Gasteiger partial charge in [-0.15, -0.1) is 0 Å². The molecule has 0 spiro atoms. The molecule has 0 saturated carbocycles. The number of carbonyl (C=O) groups is 2. The van der Waals surface area contributed by atoms with E-state index in [-0.39, 0.29) is 18.1 Å². The molecule has 1 amide bonds. The molecule has 0 fully saturated rings. The Morgan fingerprint density at radius 2 is 1.95 bits per heavy atom. The number of furan rings is 1. The van der Waals surface area contributed by atoms with E-state index in [1.165, 1.54) is 0 Å². The Balaban J connectivity index is 2.18. The first-order valence-electron chi connectivity index (χ1n) is 6.82. The quantitative estimate of drug-likeness (QED) is 0.886. The summed E-state index contributed by atoms with van der Waals surface area (Å²) in [5.41, 5.74) is 0.849. The molecule has 2 rings (SSSR count). The van der Waals surface area contributed by atoms with Crippen molar-refractivity contribution < 1.29 is 19.1 Å². The van der Waals surface area contributed by atoms with Crippen LogP contribution in [0.4, 0.5) is 0 Å². The smallest absolute Gasteiger partial charge is 0.303 e. The van der Waals surface area contributed by atoms with Gasteiger partial charge >= 0.3 is 5.97 Å². The fourth-order valence-corrected chi connectivity index (χ4v) is 2.24. The Kier molecular flexibility index (Phi) is 4.02. The fraction of sp³-hybridized carbons (Fsp3) is 0.375. The third-order valence-corrected chi connectivity index (χ3v) is 3.47. The average molecular weight is 289 g/mol. The van der Waals surface area contributed by atoms with Crippen molar-refractivity contribution in [1.82, 2.24) is 5.32 Å². The van der Waals surface area contributed by atoms with Gasteiger partial charge in [0, 0.05) is 22.9 Å². The first-order valence-corrected chi connectivity index (χ1v) is 6.82. The van der Waals surface area contributed by atoms with Gasteiger partial charge < -0.3 is 14.8 Å². The summed E-state index contributed by atoms with van der Waals surface area (Å²) in [7, 11) is 0. The first kappa shape index (κ1) is 15.1. The van der Waals surface area contributed by atoms with E-state index in [0.29, 0.717) is 12.0 Å². The number of aliphatic carboxylic acids is 1. The summed E-state index contributed by atoms with van der Waals surface area (Å²) in [4.78, 5) is 23.0. The molecule has 0 aliphatic rings. The minimum atomic E-state index is -0.878. The summed E-state index contributed by atoms with van der Waals surface area (Å²) in [6.07, 6.45) is 0.361. The SMILES string of the molecule is Cc1c(C(=O)NC(C)(C)CCC(=O)O)oc2ccccc12. The van der Waals surface area contributed by atoms with Gasteiger partial charge in [-0.2, -0.15) is 0 Å². The molecule has 2 aromatic rings. The van der Waals surface area contributed by atoms with E-state index in [0.717, 1.165) is 10.9 Å². The highest BCUT2D eigenvalue weighted by atomic mass is 16.4. The van der Waals surface area contributed by atoms with Gasteiger partial charge in [0.1, 0.15) is 5.58 Å². The van der Waals surface area contributed by atoms with Gasteiger partial charge in [0.2, 0.25) is 0 Å². The second-order valence-electron chi connectivity index (χ2n) is 5.78. The Hall–Kier alpha value is -2.30. The average Bonchev–Trinajstić information content (AvgIpc) is 2.74. The van der Waals surface area contributed by atoms with E-state index in [4.69, 9.17) is 9.52 Å². The van der Waals surface area contributed by atoms with Gasteiger partial charge in [-0.25, -0.2) is 0 Å². The van der Waals surface area contributed by atoms with Crippen molar-refractivity contribution in [2.45, 2.75) is 39.2 Å². The number of hydrogen-bond acceptors (Lipinski definition) is 3. The summed E-state index contributed by atoms with van der Waals surface area (Å²) in [6, 6.07) is 7.46. The molecule has 0 aliphatic heterocycles. The molecule has 1 aromatic heterocycles. The van der Waals surface area contributed by atoms with Crippen molar-refractivity contribution in [1.29, 1.82) is 0 Å². The lowest BCUT2D eigenvalue weighted by atomic mass is 9.98. The van der Waals surface area contributed by atoms with Crippen LogP contribution in [0.5, 0.6) is 0 Å². The van der Waals surface area contributed by atoms with Gasteiger partial charge in [-0.1, -0.05) is 18.2 Å². The lowest BCUT2D eigenvalue weighted by Crippen LogP contribution is -2.43. The monoisotopic (exact) mass is 289 g/mol. The zero-order valence-electron chi connectivity index (χ0n) is 12.4. The second kappa shape index (κ2) is 5.60. The Morgan fingerprint density at radius 1 is 1.29 bits per heavy atom. The molecule has 1 heterocycles. The van der Waals surface area contributed by atoms with Crippen LogP contribution >= 0.6 is 0 Å². The Morgan fingerprint density at radius 3 is 2.57 bits per heavy atom. The zero-order valence-corrected chi connectivity index (χ0v) is 12.4. The minimum Gasteiger partial charge on any atom is -0.481 e. The standard InChI is InChI=1S/C16H19NO4/c1-10-11-6-4-5-7-12(11)21-14(10)15(20)17-16(2,3)9-8-13(18)19/h4-7H,8-9H2,1-3H3,(H,17,20)(H,18,19). The van der Waals surface area contributed by atoms with Crippen molar-refractivity contribution >= 4 is 22.8 Å². The van der Waals surface area contributed by atoms with E-state index in [2.05, 4.69) is 5.32 Å². The summed E-state index contributed by atoms with van der Waals surface area (Å²) in [6.45, 7) is 5.43. The van der Waals surface area contributed by atoms with E-state index in [1.807, 2.05) is 31.2 Å².